The topological polar surface area (TPSA) is 58.1 Å². The molecule has 4 rings (SSSR count). The fraction of sp³-hybridized carbons (Fsp3) is 0.286. The van der Waals surface area contributed by atoms with Gasteiger partial charge in [0.2, 0.25) is 11.9 Å². The molecule has 0 aliphatic carbocycles. The van der Waals surface area contributed by atoms with E-state index < -0.39 is 0 Å². The number of halogens is 2. The van der Waals surface area contributed by atoms with Crippen LogP contribution in [0.5, 0.6) is 0 Å². The fourth-order valence-corrected chi connectivity index (χ4v) is 3.68. The van der Waals surface area contributed by atoms with Crippen LogP contribution in [0.2, 0.25) is 5.02 Å². The maximum Gasteiger partial charge on any atom is 0.243 e. The van der Waals surface area contributed by atoms with Crippen LogP contribution in [0.3, 0.4) is 0 Å². The van der Waals surface area contributed by atoms with Crippen molar-refractivity contribution in [1.29, 1.82) is 0 Å². The van der Waals surface area contributed by atoms with E-state index in [1.165, 1.54) is 12.1 Å². The zero-order valence-electron chi connectivity index (χ0n) is 15.5. The lowest BCUT2D eigenvalue weighted by Crippen LogP contribution is -2.43. The smallest absolute Gasteiger partial charge is 0.243 e. The molecule has 0 spiro atoms. The van der Waals surface area contributed by atoms with Crippen molar-refractivity contribution in [1.82, 2.24) is 15.3 Å². The van der Waals surface area contributed by atoms with Gasteiger partial charge < -0.3 is 10.2 Å². The largest absolute Gasteiger partial charge is 0.350 e. The molecule has 0 saturated carbocycles. The van der Waals surface area contributed by atoms with E-state index in [-0.39, 0.29) is 17.8 Å². The van der Waals surface area contributed by atoms with E-state index in [1.807, 2.05) is 24.0 Å². The molecule has 1 atom stereocenters. The second-order valence-electron chi connectivity index (χ2n) is 6.97. The Morgan fingerprint density at radius 3 is 2.82 bits per heavy atom. The van der Waals surface area contributed by atoms with Gasteiger partial charge >= 0.3 is 0 Å². The Bertz CT molecular complexity index is 1020. The highest BCUT2D eigenvalue weighted by atomic mass is 35.5. The maximum absolute atomic E-state index is 13.5. The van der Waals surface area contributed by atoms with Crippen molar-refractivity contribution in [2.24, 2.45) is 0 Å². The second kappa shape index (κ2) is 7.72. The summed E-state index contributed by atoms with van der Waals surface area (Å²) in [4.78, 5) is 23.8. The van der Waals surface area contributed by atoms with Crippen molar-refractivity contribution in [3.63, 3.8) is 0 Å². The molecule has 28 heavy (non-hydrogen) atoms. The van der Waals surface area contributed by atoms with Gasteiger partial charge in [0.25, 0.3) is 0 Å². The van der Waals surface area contributed by atoms with Crippen LogP contribution >= 0.6 is 11.6 Å². The van der Waals surface area contributed by atoms with E-state index >= 15 is 0 Å². The normalized spacial score (nSPS) is 16.5. The first-order chi connectivity index (χ1) is 13.5. The first-order valence-corrected chi connectivity index (χ1v) is 9.62. The monoisotopic (exact) mass is 398 g/mol. The molecule has 1 N–H and O–H groups in total. The third-order valence-electron chi connectivity index (χ3n) is 5.03. The molecule has 1 aliphatic rings. The summed E-state index contributed by atoms with van der Waals surface area (Å²) in [5.74, 6) is 0.154. The van der Waals surface area contributed by atoms with Crippen molar-refractivity contribution in [3.8, 4) is 0 Å². The first-order valence-electron chi connectivity index (χ1n) is 9.24. The number of amides is 1. The molecule has 0 bridgehead atoms. The Labute approximate surface area is 167 Å². The summed E-state index contributed by atoms with van der Waals surface area (Å²) in [6, 6.07) is 11.6. The van der Waals surface area contributed by atoms with Gasteiger partial charge in [-0.3, -0.25) is 4.79 Å². The molecule has 3 aromatic rings. The van der Waals surface area contributed by atoms with Crippen molar-refractivity contribution in [2.45, 2.75) is 32.4 Å². The number of anilines is 1. The second-order valence-corrected chi connectivity index (χ2v) is 7.40. The molecular formula is C21H20ClFN4O. The molecule has 2 aromatic carbocycles. The highest BCUT2D eigenvalue weighted by Gasteiger charge is 2.32. The highest BCUT2D eigenvalue weighted by molar-refractivity contribution is 6.30. The van der Waals surface area contributed by atoms with Crippen molar-refractivity contribution >= 4 is 34.4 Å². The number of hydrogen-bond donors (Lipinski definition) is 1. The Morgan fingerprint density at radius 1 is 1.25 bits per heavy atom. The summed E-state index contributed by atoms with van der Waals surface area (Å²) in [5.41, 5.74) is 2.37. The van der Waals surface area contributed by atoms with Gasteiger partial charge in [-0.15, -0.1) is 0 Å². The summed E-state index contributed by atoms with van der Waals surface area (Å²) < 4.78 is 13.5. The van der Waals surface area contributed by atoms with E-state index in [4.69, 9.17) is 11.6 Å². The van der Waals surface area contributed by atoms with Gasteiger partial charge in [-0.25, -0.2) is 14.4 Å². The first kappa shape index (κ1) is 18.6. The number of carbonyl (C=O) groups is 1. The lowest BCUT2D eigenvalue weighted by molar-refractivity contribution is -0.122. The molecule has 0 unspecified atom stereocenters. The maximum atomic E-state index is 13.5. The molecule has 1 aliphatic heterocycles. The summed E-state index contributed by atoms with van der Waals surface area (Å²) in [7, 11) is 0. The molecule has 1 saturated heterocycles. The van der Waals surface area contributed by atoms with Crippen LogP contribution in [0.15, 0.2) is 42.5 Å². The number of rotatable bonds is 4. The van der Waals surface area contributed by atoms with Gasteiger partial charge in [-0.1, -0.05) is 23.7 Å². The number of benzene rings is 2. The molecule has 1 aromatic heterocycles. The van der Waals surface area contributed by atoms with E-state index in [1.54, 1.807) is 18.2 Å². The molecule has 1 amide bonds. The summed E-state index contributed by atoms with van der Waals surface area (Å²) in [5, 5.41) is 4.34. The zero-order chi connectivity index (χ0) is 19.7. The van der Waals surface area contributed by atoms with Gasteiger partial charge in [0, 0.05) is 23.5 Å². The Kier molecular flexibility index (Phi) is 5.13. The predicted octanol–water partition coefficient (Wildman–Crippen LogP) is 4.02. The third-order valence-corrected chi connectivity index (χ3v) is 5.28. The predicted molar refractivity (Wildman–Crippen MR) is 108 cm³/mol. The minimum atomic E-state index is -0.315. The van der Waals surface area contributed by atoms with Gasteiger partial charge in [-0.05, 0) is 55.7 Å². The number of nitrogens with one attached hydrogen (secondary N) is 1. The third kappa shape index (κ3) is 3.78. The van der Waals surface area contributed by atoms with Crippen LogP contribution < -0.4 is 10.2 Å². The standard InChI is InChI=1S/C21H20ClFN4O/c1-13-17-11-16(23)8-9-18(17)26-21(25-13)27-10-2-3-19(27)20(28)24-12-14-4-6-15(22)7-5-14/h4-9,11,19H,2-3,10,12H2,1H3,(H,24,28)/t19-/m1/s1. The van der Waals surface area contributed by atoms with E-state index in [0.29, 0.717) is 40.7 Å². The minimum Gasteiger partial charge on any atom is -0.350 e. The van der Waals surface area contributed by atoms with Crippen LogP contribution in [-0.4, -0.2) is 28.5 Å². The minimum absolute atomic E-state index is 0.0482. The van der Waals surface area contributed by atoms with Crippen LogP contribution in [0.1, 0.15) is 24.1 Å². The van der Waals surface area contributed by atoms with Crippen molar-refractivity contribution in [2.75, 3.05) is 11.4 Å². The zero-order valence-corrected chi connectivity index (χ0v) is 16.2. The molecule has 7 heteroatoms. The number of hydrogen-bond acceptors (Lipinski definition) is 4. The van der Waals surface area contributed by atoms with Crippen LogP contribution in [0.4, 0.5) is 10.3 Å². The van der Waals surface area contributed by atoms with Crippen LogP contribution in [-0.2, 0) is 11.3 Å². The molecule has 144 valence electrons. The van der Waals surface area contributed by atoms with Gasteiger partial charge in [0.05, 0.1) is 11.2 Å². The number of aryl methyl sites for hydroxylation is 1. The Morgan fingerprint density at radius 2 is 2.04 bits per heavy atom. The lowest BCUT2D eigenvalue weighted by atomic mass is 10.2. The number of aromatic nitrogens is 2. The van der Waals surface area contributed by atoms with Crippen molar-refractivity contribution in [3.05, 3.63) is 64.6 Å². The van der Waals surface area contributed by atoms with Gasteiger partial charge in [0.1, 0.15) is 11.9 Å². The molecule has 0 radical (unpaired) electrons. The number of nitrogens with zero attached hydrogens (tertiary/aromatic N) is 3. The van der Waals surface area contributed by atoms with Gasteiger partial charge in [0.15, 0.2) is 0 Å². The quantitative estimate of drug-likeness (QED) is 0.721. The summed E-state index contributed by atoms with van der Waals surface area (Å²) in [6.07, 6.45) is 1.64. The Hall–Kier alpha value is -2.73. The van der Waals surface area contributed by atoms with Crippen LogP contribution in [0.25, 0.3) is 10.9 Å². The van der Waals surface area contributed by atoms with Gasteiger partial charge in [-0.2, -0.15) is 0 Å². The van der Waals surface area contributed by atoms with Crippen molar-refractivity contribution < 1.29 is 9.18 Å². The molecular weight excluding hydrogens is 379 g/mol. The summed E-state index contributed by atoms with van der Waals surface area (Å²) >= 11 is 5.90. The SMILES string of the molecule is Cc1nc(N2CCC[C@@H]2C(=O)NCc2ccc(Cl)cc2)nc2ccc(F)cc12. The fourth-order valence-electron chi connectivity index (χ4n) is 3.55. The van der Waals surface area contributed by atoms with E-state index in [9.17, 15) is 9.18 Å². The molecule has 2 heterocycles. The number of fused-ring (bicyclic) bond motifs is 1. The van der Waals surface area contributed by atoms with E-state index in [0.717, 1.165) is 18.4 Å². The lowest BCUT2D eigenvalue weighted by Gasteiger charge is -2.24. The Balaban J connectivity index is 1.52. The summed E-state index contributed by atoms with van der Waals surface area (Å²) in [6.45, 7) is 2.99. The molecule has 5 nitrogen and oxygen atoms in total. The average molecular weight is 399 g/mol. The average Bonchev–Trinajstić information content (AvgIpc) is 3.18. The van der Waals surface area contributed by atoms with E-state index in [2.05, 4.69) is 15.3 Å². The highest BCUT2D eigenvalue weighted by Crippen LogP contribution is 2.26. The molecule has 1 fully saturated rings. The number of carbonyl (C=O) groups excluding carboxylic acids is 1. The van der Waals surface area contributed by atoms with Crippen LogP contribution in [0, 0.1) is 12.7 Å².